The Labute approximate surface area is 96.8 Å². The minimum Gasteiger partial charge on any atom is -0.287 e. The summed E-state index contributed by atoms with van der Waals surface area (Å²) in [5, 5.41) is 1.97. The van der Waals surface area contributed by atoms with Crippen molar-refractivity contribution in [2.75, 3.05) is 0 Å². The van der Waals surface area contributed by atoms with Crippen LogP contribution in [0.1, 0.15) is 32.7 Å². The maximum absolute atomic E-state index is 12.1. The molecule has 0 radical (unpaired) electrons. The van der Waals surface area contributed by atoms with Gasteiger partial charge >= 0.3 is 0 Å². The molecule has 0 aliphatic rings. The van der Waals surface area contributed by atoms with Crippen molar-refractivity contribution >= 4 is 28.7 Å². The largest absolute Gasteiger partial charge is 0.287 e. The summed E-state index contributed by atoms with van der Waals surface area (Å²) in [4.78, 5) is 13.7. The van der Waals surface area contributed by atoms with Crippen LogP contribution in [0.3, 0.4) is 0 Å². The Kier molecular flexibility index (Phi) is 2.98. The summed E-state index contributed by atoms with van der Waals surface area (Å²) >= 11 is 2.80. The Balaban J connectivity index is 2.36. The molecule has 2 rings (SSSR count). The second-order valence-electron chi connectivity index (χ2n) is 3.29. The Bertz CT molecular complexity index is 484. The van der Waals surface area contributed by atoms with Gasteiger partial charge in [-0.1, -0.05) is 6.92 Å². The Morgan fingerprint density at radius 1 is 1.53 bits per heavy atom. The number of hydrogen-bond donors (Lipinski definition) is 0. The predicted molar refractivity (Wildman–Crippen MR) is 64.0 cm³/mol. The van der Waals surface area contributed by atoms with Crippen molar-refractivity contribution in [3.05, 3.63) is 38.5 Å². The third kappa shape index (κ3) is 2.01. The lowest BCUT2D eigenvalue weighted by atomic mass is 10.1. The maximum Gasteiger partial charge on any atom is 0.214 e. The summed E-state index contributed by atoms with van der Waals surface area (Å²) < 4.78 is 4.13. The minimum atomic E-state index is 0.118. The SMILES string of the molecule is CCc1ccsc1C(=O)c1cc(C)ns1. The first-order valence-corrected chi connectivity index (χ1v) is 6.42. The van der Waals surface area contributed by atoms with Gasteiger partial charge in [0.1, 0.15) is 0 Å². The third-order valence-corrected chi connectivity index (χ3v) is 4.02. The minimum absolute atomic E-state index is 0.118. The highest BCUT2D eigenvalue weighted by molar-refractivity contribution is 7.14. The van der Waals surface area contributed by atoms with E-state index in [1.807, 2.05) is 24.4 Å². The second-order valence-corrected chi connectivity index (χ2v) is 5.01. The van der Waals surface area contributed by atoms with E-state index in [0.717, 1.165) is 27.4 Å². The van der Waals surface area contributed by atoms with Crippen LogP contribution in [-0.2, 0) is 6.42 Å². The normalized spacial score (nSPS) is 10.5. The van der Waals surface area contributed by atoms with Crippen LogP contribution in [0, 0.1) is 6.92 Å². The summed E-state index contributed by atoms with van der Waals surface area (Å²) in [5.74, 6) is 0.118. The first-order chi connectivity index (χ1) is 7.22. The number of aryl methyl sites for hydroxylation is 2. The molecule has 4 heteroatoms. The van der Waals surface area contributed by atoms with E-state index in [2.05, 4.69) is 11.3 Å². The van der Waals surface area contributed by atoms with Gasteiger partial charge < -0.3 is 0 Å². The molecule has 2 aromatic rings. The molecule has 0 unspecified atom stereocenters. The zero-order valence-corrected chi connectivity index (χ0v) is 10.2. The number of carbonyl (C=O) groups excluding carboxylic acids is 1. The van der Waals surface area contributed by atoms with Crippen LogP contribution in [-0.4, -0.2) is 10.2 Å². The van der Waals surface area contributed by atoms with Gasteiger partial charge in [-0.15, -0.1) is 11.3 Å². The van der Waals surface area contributed by atoms with Crippen molar-refractivity contribution in [2.24, 2.45) is 0 Å². The topological polar surface area (TPSA) is 30.0 Å². The molecular weight excluding hydrogens is 226 g/mol. The third-order valence-electron chi connectivity index (χ3n) is 2.19. The average molecular weight is 237 g/mol. The first-order valence-electron chi connectivity index (χ1n) is 4.76. The van der Waals surface area contributed by atoms with E-state index in [1.54, 1.807) is 0 Å². The Hall–Kier alpha value is -1.00. The Morgan fingerprint density at radius 2 is 2.33 bits per heavy atom. The molecule has 15 heavy (non-hydrogen) atoms. The smallest absolute Gasteiger partial charge is 0.214 e. The van der Waals surface area contributed by atoms with Crippen LogP contribution < -0.4 is 0 Å². The number of carbonyl (C=O) groups is 1. The maximum atomic E-state index is 12.1. The monoisotopic (exact) mass is 237 g/mol. The van der Waals surface area contributed by atoms with E-state index in [9.17, 15) is 4.79 Å². The Morgan fingerprint density at radius 3 is 2.93 bits per heavy atom. The van der Waals surface area contributed by atoms with Gasteiger partial charge in [-0.25, -0.2) is 0 Å². The van der Waals surface area contributed by atoms with Crippen molar-refractivity contribution in [2.45, 2.75) is 20.3 Å². The summed E-state index contributed by atoms with van der Waals surface area (Å²) in [6.07, 6.45) is 0.905. The standard InChI is InChI=1S/C11H11NOS2/c1-3-8-4-5-14-11(8)10(13)9-6-7(2)12-15-9/h4-6H,3H2,1-2H3. The van der Waals surface area contributed by atoms with Gasteiger partial charge in [0.15, 0.2) is 0 Å². The van der Waals surface area contributed by atoms with Crippen LogP contribution in [0.4, 0.5) is 0 Å². The highest BCUT2D eigenvalue weighted by Gasteiger charge is 2.16. The van der Waals surface area contributed by atoms with E-state index in [0.29, 0.717) is 0 Å². The fourth-order valence-electron chi connectivity index (χ4n) is 1.40. The molecule has 0 spiro atoms. The average Bonchev–Trinajstić information content (AvgIpc) is 2.84. The lowest BCUT2D eigenvalue weighted by Gasteiger charge is -1.96. The number of rotatable bonds is 3. The number of thiophene rings is 1. The molecule has 2 aromatic heterocycles. The van der Waals surface area contributed by atoms with Crippen LogP contribution >= 0.6 is 22.9 Å². The van der Waals surface area contributed by atoms with E-state index in [-0.39, 0.29) is 5.78 Å². The van der Waals surface area contributed by atoms with E-state index in [4.69, 9.17) is 0 Å². The molecule has 2 nitrogen and oxygen atoms in total. The van der Waals surface area contributed by atoms with Crippen molar-refractivity contribution in [1.82, 2.24) is 4.37 Å². The number of nitrogens with zero attached hydrogens (tertiary/aromatic N) is 1. The molecule has 0 aliphatic carbocycles. The second kappa shape index (κ2) is 4.24. The molecule has 0 saturated carbocycles. The van der Waals surface area contributed by atoms with E-state index in [1.165, 1.54) is 22.9 Å². The molecule has 2 heterocycles. The lowest BCUT2D eigenvalue weighted by molar-refractivity contribution is 0.104. The molecule has 78 valence electrons. The van der Waals surface area contributed by atoms with Gasteiger partial charge in [-0.2, -0.15) is 4.37 Å². The van der Waals surface area contributed by atoms with Gasteiger partial charge in [-0.3, -0.25) is 4.79 Å². The number of ketones is 1. The van der Waals surface area contributed by atoms with Gasteiger partial charge in [-0.05, 0) is 48.0 Å². The van der Waals surface area contributed by atoms with Gasteiger partial charge in [0.05, 0.1) is 15.4 Å². The van der Waals surface area contributed by atoms with Gasteiger partial charge in [0.25, 0.3) is 0 Å². The first kappa shape index (κ1) is 10.5. The predicted octanol–water partition coefficient (Wildman–Crippen LogP) is 3.31. The van der Waals surface area contributed by atoms with Crippen LogP contribution in [0.5, 0.6) is 0 Å². The van der Waals surface area contributed by atoms with Crippen molar-refractivity contribution in [3.8, 4) is 0 Å². The lowest BCUT2D eigenvalue weighted by Crippen LogP contribution is -1.98. The van der Waals surface area contributed by atoms with Crippen molar-refractivity contribution < 1.29 is 4.79 Å². The van der Waals surface area contributed by atoms with Gasteiger partial charge in [0, 0.05) is 0 Å². The number of aromatic nitrogens is 1. The molecule has 0 amide bonds. The molecule has 0 saturated heterocycles. The molecule has 0 N–H and O–H groups in total. The van der Waals surface area contributed by atoms with Crippen LogP contribution in [0.2, 0.25) is 0 Å². The summed E-state index contributed by atoms with van der Waals surface area (Å²) in [7, 11) is 0. The summed E-state index contributed by atoms with van der Waals surface area (Å²) in [5.41, 5.74) is 2.05. The highest BCUT2D eigenvalue weighted by Crippen LogP contribution is 2.23. The zero-order valence-electron chi connectivity index (χ0n) is 8.61. The summed E-state index contributed by atoms with van der Waals surface area (Å²) in [6, 6.07) is 3.87. The quantitative estimate of drug-likeness (QED) is 0.767. The van der Waals surface area contributed by atoms with E-state index < -0.39 is 0 Å². The molecule has 0 bridgehead atoms. The molecule has 0 aliphatic heterocycles. The number of hydrogen-bond acceptors (Lipinski definition) is 4. The summed E-state index contributed by atoms with van der Waals surface area (Å²) in [6.45, 7) is 3.97. The molecule has 0 aromatic carbocycles. The van der Waals surface area contributed by atoms with Crippen LogP contribution in [0.15, 0.2) is 17.5 Å². The van der Waals surface area contributed by atoms with Crippen LogP contribution in [0.25, 0.3) is 0 Å². The molecule has 0 fully saturated rings. The van der Waals surface area contributed by atoms with E-state index >= 15 is 0 Å². The molecular formula is C11H11NOS2. The zero-order chi connectivity index (χ0) is 10.8. The fraction of sp³-hybridized carbons (Fsp3) is 0.273. The highest BCUT2D eigenvalue weighted by atomic mass is 32.1. The van der Waals surface area contributed by atoms with Crippen molar-refractivity contribution in [1.29, 1.82) is 0 Å². The van der Waals surface area contributed by atoms with Crippen molar-refractivity contribution in [3.63, 3.8) is 0 Å². The molecule has 0 atom stereocenters. The van der Waals surface area contributed by atoms with Gasteiger partial charge in [0.2, 0.25) is 5.78 Å². The fourth-order valence-corrected chi connectivity index (χ4v) is 3.11.